The van der Waals surface area contributed by atoms with Gasteiger partial charge in [-0.1, -0.05) is 12.1 Å². The van der Waals surface area contributed by atoms with E-state index in [9.17, 15) is 4.79 Å². The average Bonchev–Trinajstić information content (AvgIpc) is 3.10. The summed E-state index contributed by atoms with van der Waals surface area (Å²) >= 11 is 0. The molecule has 0 spiro atoms. The second kappa shape index (κ2) is 6.15. The van der Waals surface area contributed by atoms with Gasteiger partial charge in [-0.2, -0.15) is 0 Å². The molecule has 2 aromatic rings. The van der Waals surface area contributed by atoms with Crippen LogP contribution in [-0.2, 0) is 0 Å². The first-order valence-electron chi connectivity index (χ1n) is 8.36. The molecule has 0 aliphatic carbocycles. The smallest absolute Gasteiger partial charge is 0.272 e. The summed E-state index contributed by atoms with van der Waals surface area (Å²) in [6.45, 7) is 3.81. The second-order valence-corrected chi connectivity index (χ2v) is 6.22. The van der Waals surface area contributed by atoms with Crippen LogP contribution in [0.25, 0.3) is 0 Å². The monoisotopic (exact) mass is 324 g/mol. The van der Waals surface area contributed by atoms with Crippen LogP contribution in [0.2, 0.25) is 0 Å². The molecule has 124 valence electrons. The zero-order valence-electron chi connectivity index (χ0n) is 13.7. The molecule has 0 saturated carbocycles. The van der Waals surface area contributed by atoms with Gasteiger partial charge < -0.3 is 14.4 Å². The van der Waals surface area contributed by atoms with Gasteiger partial charge in [-0.25, -0.2) is 4.98 Å². The number of fused-ring (bicyclic) bond motifs is 1. The lowest BCUT2D eigenvalue weighted by Crippen LogP contribution is -2.31. The van der Waals surface area contributed by atoms with Crippen molar-refractivity contribution in [1.82, 2.24) is 9.88 Å². The number of amides is 1. The predicted octanol–water partition coefficient (Wildman–Crippen LogP) is 3.14. The van der Waals surface area contributed by atoms with Gasteiger partial charge in [-0.15, -0.1) is 0 Å². The topological polar surface area (TPSA) is 51.7 Å². The maximum atomic E-state index is 12.9. The van der Waals surface area contributed by atoms with Crippen LogP contribution >= 0.6 is 0 Å². The van der Waals surface area contributed by atoms with E-state index in [1.54, 1.807) is 6.07 Å². The van der Waals surface area contributed by atoms with E-state index in [0.717, 1.165) is 42.1 Å². The number of ether oxygens (including phenoxy) is 2. The molecule has 1 aromatic carbocycles. The van der Waals surface area contributed by atoms with E-state index < -0.39 is 0 Å². The van der Waals surface area contributed by atoms with Gasteiger partial charge in [0.15, 0.2) is 11.5 Å². The Bertz CT molecular complexity index is 775. The number of hydrogen-bond donors (Lipinski definition) is 0. The Morgan fingerprint density at radius 3 is 2.83 bits per heavy atom. The van der Waals surface area contributed by atoms with Crippen molar-refractivity contribution in [3.63, 3.8) is 0 Å². The van der Waals surface area contributed by atoms with Crippen LogP contribution in [0.4, 0.5) is 0 Å². The van der Waals surface area contributed by atoms with E-state index in [1.165, 1.54) is 0 Å². The predicted molar refractivity (Wildman–Crippen MR) is 89.4 cm³/mol. The van der Waals surface area contributed by atoms with Crippen LogP contribution in [0.5, 0.6) is 11.5 Å². The molecule has 24 heavy (non-hydrogen) atoms. The number of rotatable bonds is 2. The number of aromatic nitrogens is 1. The minimum atomic E-state index is -0.00362. The molecule has 2 aliphatic rings. The Morgan fingerprint density at radius 2 is 2.00 bits per heavy atom. The Balaban J connectivity index is 1.62. The van der Waals surface area contributed by atoms with E-state index in [4.69, 9.17) is 9.47 Å². The molecule has 1 aromatic heterocycles. The van der Waals surface area contributed by atoms with Gasteiger partial charge >= 0.3 is 0 Å². The SMILES string of the molecule is Cc1cccc(C(=O)N2CCCC2c2ccc3c(c2)OCCO3)n1. The van der Waals surface area contributed by atoms with E-state index in [2.05, 4.69) is 4.98 Å². The average molecular weight is 324 g/mol. The third-order valence-corrected chi connectivity index (χ3v) is 4.57. The molecule has 0 N–H and O–H groups in total. The summed E-state index contributed by atoms with van der Waals surface area (Å²) < 4.78 is 11.3. The van der Waals surface area contributed by atoms with Crippen LogP contribution in [-0.4, -0.2) is 35.5 Å². The zero-order chi connectivity index (χ0) is 16.5. The largest absolute Gasteiger partial charge is 0.486 e. The number of aryl methyl sites for hydroxylation is 1. The highest BCUT2D eigenvalue weighted by Gasteiger charge is 2.32. The molecule has 0 bridgehead atoms. The molecule has 1 unspecified atom stereocenters. The number of pyridine rings is 1. The summed E-state index contributed by atoms with van der Waals surface area (Å²) in [6.07, 6.45) is 1.95. The molecule has 1 fully saturated rings. The summed E-state index contributed by atoms with van der Waals surface area (Å²) in [5, 5.41) is 0. The van der Waals surface area contributed by atoms with E-state index in [1.807, 2.05) is 42.2 Å². The number of benzene rings is 1. The van der Waals surface area contributed by atoms with Crippen molar-refractivity contribution in [3.05, 3.63) is 53.3 Å². The lowest BCUT2D eigenvalue weighted by Gasteiger charge is -2.26. The Labute approximate surface area is 141 Å². The lowest BCUT2D eigenvalue weighted by atomic mass is 10.0. The van der Waals surface area contributed by atoms with Crippen LogP contribution < -0.4 is 9.47 Å². The molecular formula is C19H20N2O3. The fourth-order valence-electron chi connectivity index (χ4n) is 3.43. The summed E-state index contributed by atoms with van der Waals surface area (Å²) in [7, 11) is 0. The highest BCUT2D eigenvalue weighted by atomic mass is 16.6. The fourth-order valence-corrected chi connectivity index (χ4v) is 3.43. The maximum absolute atomic E-state index is 12.9. The number of carbonyl (C=O) groups excluding carboxylic acids is 1. The highest BCUT2D eigenvalue weighted by molar-refractivity contribution is 5.92. The van der Waals surface area contributed by atoms with Crippen molar-refractivity contribution in [2.24, 2.45) is 0 Å². The van der Waals surface area contributed by atoms with Gasteiger partial charge in [0.1, 0.15) is 18.9 Å². The molecule has 1 amide bonds. The minimum absolute atomic E-state index is 0.00362. The maximum Gasteiger partial charge on any atom is 0.272 e. The van der Waals surface area contributed by atoms with Crippen molar-refractivity contribution in [2.75, 3.05) is 19.8 Å². The zero-order valence-corrected chi connectivity index (χ0v) is 13.7. The van der Waals surface area contributed by atoms with Crippen molar-refractivity contribution >= 4 is 5.91 Å². The molecule has 2 aliphatic heterocycles. The van der Waals surface area contributed by atoms with Crippen molar-refractivity contribution < 1.29 is 14.3 Å². The Kier molecular flexibility index (Phi) is 3.84. The quantitative estimate of drug-likeness (QED) is 0.851. The number of carbonyl (C=O) groups is 1. The summed E-state index contributed by atoms with van der Waals surface area (Å²) in [6, 6.07) is 11.6. The molecule has 1 atom stereocenters. The molecular weight excluding hydrogens is 304 g/mol. The fraction of sp³-hybridized carbons (Fsp3) is 0.368. The Hall–Kier alpha value is -2.56. The van der Waals surface area contributed by atoms with Crippen LogP contribution in [0.3, 0.4) is 0 Å². The first kappa shape index (κ1) is 15.0. The standard InChI is InChI=1S/C19H20N2O3/c1-13-4-2-5-15(20-13)19(22)21-9-3-6-16(21)14-7-8-17-18(12-14)24-11-10-23-17/h2,4-5,7-8,12,16H,3,6,9-11H2,1H3. The van der Waals surface area contributed by atoms with Gasteiger partial charge in [0.2, 0.25) is 0 Å². The first-order valence-corrected chi connectivity index (χ1v) is 8.36. The van der Waals surface area contributed by atoms with Crippen molar-refractivity contribution in [2.45, 2.75) is 25.8 Å². The lowest BCUT2D eigenvalue weighted by molar-refractivity contribution is 0.0729. The van der Waals surface area contributed by atoms with Gasteiger partial charge in [-0.3, -0.25) is 4.79 Å². The normalized spacial score (nSPS) is 19.4. The van der Waals surface area contributed by atoms with E-state index in [0.29, 0.717) is 18.9 Å². The van der Waals surface area contributed by atoms with Crippen molar-refractivity contribution in [1.29, 1.82) is 0 Å². The van der Waals surface area contributed by atoms with Crippen molar-refractivity contribution in [3.8, 4) is 11.5 Å². The summed E-state index contributed by atoms with van der Waals surface area (Å²) in [5.74, 6) is 1.55. The van der Waals surface area contributed by atoms with Crippen LogP contribution in [0, 0.1) is 6.92 Å². The van der Waals surface area contributed by atoms with Gasteiger partial charge in [0.05, 0.1) is 6.04 Å². The minimum Gasteiger partial charge on any atom is -0.486 e. The van der Waals surface area contributed by atoms with E-state index in [-0.39, 0.29) is 11.9 Å². The third-order valence-electron chi connectivity index (χ3n) is 4.57. The Morgan fingerprint density at radius 1 is 1.17 bits per heavy atom. The first-order chi connectivity index (χ1) is 11.7. The third kappa shape index (κ3) is 2.70. The molecule has 1 saturated heterocycles. The molecule has 0 radical (unpaired) electrons. The van der Waals surface area contributed by atoms with E-state index >= 15 is 0 Å². The molecule has 5 heteroatoms. The van der Waals surface area contributed by atoms with Crippen LogP contribution in [0.15, 0.2) is 36.4 Å². The van der Waals surface area contributed by atoms with Gasteiger partial charge in [0.25, 0.3) is 5.91 Å². The van der Waals surface area contributed by atoms with Gasteiger partial charge in [-0.05, 0) is 49.6 Å². The molecule has 4 rings (SSSR count). The summed E-state index contributed by atoms with van der Waals surface area (Å²) in [4.78, 5) is 19.2. The molecule has 5 nitrogen and oxygen atoms in total. The van der Waals surface area contributed by atoms with Crippen LogP contribution in [0.1, 0.15) is 40.6 Å². The highest BCUT2D eigenvalue weighted by Crippen LogP contribution is 2.38. The number of nitrogens with zero attached hydrogens (tertiary/aromatic N) is 2. The molecule has 3 heterocycles. The summed E-state index contributed by atoms with van der Waals surface area (Å²) in [5.41, 5.74) is 2.47. The number of hydrogen-bond acceptors (Lipinski definition) is 4. The van der Waals surface area contributed by atoms with Gasteiger partial charge in [0, 0.05) is 12.2 Å². The number of likely N-dealkylation sites (tertiary alicyclic amines) is 1. The second-order valence-electron chi connectivity index (χ2n) is 6.22.